The number of aliphatic hydroxyl groups excluding tert-OH is 1. The first-order valence-electron chi connectivity index (χ1n) is 4.44. The molecule has 0 saturated heterocycles. The molecule has 0 aliphatic heterocycles. The van der Waals surface area contributed by atoms with E-state index in [0.29, 0.717) is 6.61 Å². The summed E-state index contributed by atoms with van der Waals surface area (Å²) in [6.07, 6.45) is 0. The summed E-state index contributed by atoms with van der Waals surface area (Å²) >= 11 is 3.42. The quantitative estimate of drug-likeness (QED) is 0.868. The maximum atomic E-state index is 8.58. The summed E-state index contributed by atoms with van der Waals surface area (Å²) in [6, 6.07) is 5.62. The van der Waals surface area contributed by atoms with Crippen molar-refractivity contribution in [3.63, 3.8) is 0 Å². The van der Waals surface area contributed by atoms with Crippen LogP contribution in [0, 0.1) is 0 Å². The zero-order valence-corrected chi connectivity index (χ0v) is 9.62. The molecule has 78 valence electrons. The molecule has 3 N–H and O–H groups in total. The molecule has 0 fully saturated rings. The average Bonchev–Trinajstić information content (AvgIpc) is 2.14. The fraction of sp³-hybridized carbons (Fsp3) is 0.400. The van der Waals surface area contributed by atoms with Gasteiger partial charge < -0.3 is 15.6 Å². The van der Waals surface area contributed by atoms with Crippen LogP contribution in [0.3, 0.4) is 0 Å². The third-order valence-electron chi connectivity index (χ3n) is 1.82. The van der Waals surface area contributed by atoms with E-state index in [-0.39, 0.29) is 12.6 Å². The van der Waals surface area contributed by atoms with Crippen LogP contribution in [-0.2, 0) is 0 Å². The van der Waals surface area contributed by atoms with Gasteiger partial charge in [-0.05, 0) is 24.6 Å². The van der Waals surface area contributed by atoms with Crippen molar-refractivity contribution >= 4 is 15.9 Å². The van der Waals surface area contributed by atoms with Crippen LogP contribution in [0.5, 0.6) is 5.75 Å². The predicted molar refractivity (Wildman–Crippen MR) is 59.3 cm³/mol. The lowest BCUT2D eigenvalue weighted by Gasteiger charge is -2.10. The number of ether oxygens (including phenoxy) is 1. The van der Waals surface area contributed by atoms with Crippen LogP contribution in [0.15, 0.2) is 22.7 Å². The highest BCUT2D eigenvalue weighted by Crippen LogP contribution is 2.26. The molecular weight excluding hydrogens is 246 g/mol. The van der Waals surface area contributed by atoms with Gasteiger partial charge >= 0.3 is 0 Å². The van der Waals surface area contributed by atoms with Crippen molar-refractivity contribution in [1.29, 1.82) is 0 Å². The summed E-state index contributed by atoms with van der Waals surface area (Å²) in [5, 5.41) is 8.58. The fourth-order valence-electron chi connectivity index (χ4n) is 1.13. The van der Waals surface area contributed by atoms with Crippen molar-refractivity contribution in [2.45, 2.75) is 13.0 Å². The standard InChI is InChI=1S/C10H14BrNO2/c1-7(12)9-3-2-8(6-10(9)11)14-5-4-13/h2-3,6-7,13H,4-5,12H2,1H3. The predicted octanol–water partition coefficient (Wildman–Crippen LogP) is 1.84. The van der Waals surface area contributed by atoms with Gasteiger partial charge in [0, 0.05) is 10.5 Å². The van der Waals surface area contributed by atoms with E-state index in [9.17, 15) is 0 Å². The monoisotopic (exact) mass is 259 g/mol. The van der Waals surface area contributed by atoms with Crippen molar-refractivity contribution in [2.75, 3.05) is 13.2 Å². The van der Waals surface area contributed by atoms with Crippen molar-refractivity contribution in [2.24, 2.45) is 5.73 Å². The molecule has 0 amide bonds. The average molecular weight is 260 g/mol. The fourth-order valence-corrected chi connectivity index (χ4v) is 1.85. The van der Waals surface area contributed by atoms with Gasteiger partial charge in [-0.25, -0.2) is 0 Å². The SMILES string of the molecule is CC(N)c1ccc(OCCO)cc1Br. The highest BCUT2D eigenvalue weighted by atomic mass is 79.9. The number of rotatable bonds is 4. The Balaban J connectivity index is 2.78. The molecule has 0 heterocycles. The van der Waals surface area contributed by atoms with Gasteiger partial charge in [-0.3, -0.25) is 0 Å². The van der Waals surface area contributed by atoms with Gasteiger partial charge in [0.1, 0.15) is 12.4 Å². The molecule has 1 aromatic rings. The summed E-state index contributed by atoms with van der Waals surface area (Å²) < 4.78 is 6.18. The third kappa shape index (κ3) is 2.97. The molecule has 1 unspecified atom stereocenters. The molecule has 1 aromatic carbocycles. The Kier molecular flexibility index (Phi) is 4.38. The molecule has 0 aliphatic rings. The lowest BCUT2D eigenvalue weighted by molar-refractivity contribution is 0.201. The van der Waals surface area contributed by atoms with Gasteiger partial charge in [0.15, 0.2) is 0 Å². The van der Waals surface area contributed by atoms with Crippen LogP contribution < -0.4 is 10.5 Å². The summed E-state index contributed by atoms with van der Waals surface area (Å²) in [7, 11) is 0. The number of nitrogens with two attached hydrogens (primary N) is 1. The molecule has 3 nitrogen and oxygen atoms in total. The van der Waals surface area contributed by atoms with Crippen molar-refractivity contribution in [1.82, 2.24) is 0 Å². The lowest BCUT2D eigenvalue weighted by atomic mass is 10.1. The first kappa shape index (κ1) is 11.5. The number of halogens is 1. The third-order valence-corrected chi connectivity index (χ3v) is 2.51. The second-order valence-corrected chi connectivity index (χ2v) is 3.90. The highest BCUT2D eigenvalue weighted by molar-refractivity contribution is 9.10. The van der Waals surface area contributed by atoms with E-state index in [4.69, 9.17) is 15.6 Å². The Labute approximate surface area is 92.0 Å². The summed E-state index contributed by atoms with van der Waals surface area (Å²) in [5.74, 6) is 0.732. The molecule has 0 bridgehead atoms. The van der Waals surface area contributed by atoms with Crippen LogP contribution in [0.4, 0.5) is 0 Å². The topological polar surface area (TPSA) is 55.5 Å². The van der Waals surface area contributed by atoms with Gasteiger partial charge in [0.25, 0.3) is 0 Å². The van der Waals surface area contributed by atoms with Crippen LogP contribution in [-0.4, -0.2) is 18.3 Å². The van der Waals surface area contributed by atoms with Gasteiger partial charge in [0.2, 0.25) is 0 Å². The second kappa shape index (κ2) is 5.34. The largest absolute Gasteiger partial charge is 0.491 e. The molecule has 0 saturated carbocycles. The molecule has 0 aliphatic carbocycles. The lowest BCUT2D eigenvalue weighted by Crippen LogP contribution is -2.06. The van der Waals surface area contributed by atoms with Crippen LogP contribution in [0.1, 0.15) is 18.5 Å². The van der Waals surface area contributed by atoms with Gasteiger partial charge in [-0.1, -0.05) is 22.0 Å². The molecule has 0 spiro atoms. The minimum Gasteiger partial charge on any atom is -0.491 e. The second-order valence-electron chi connectivity index (χ2n) is 3.04. The van der Waals surface area contributed by atoms with Gasteiger partial charge in [-0.15, -0.1) is 0 Å². The van der Waals surface area contributed by atoms with Crippen molar-refractivity contribution in [3.05, 3.63) is 28.2 Å². The molecule has 0 radical (unpaired) electrons. The van der Waals surface area contributed by atoms with E-state index in [1.165, 1.54) is 0 Å². The zero-order chi connectivity index (χ0) is 10.6. The van der Waals surface area contributed by atoms with E-state index in [1.807, 2.05) is 25.1 Å². The minimum absolute atomic E-state index is 0.00346. The minimum atomic E-state index is -0.00346. The summed E-state index contributed by atoms with van der Waals surface area (Å²) in [6.45, 7) is 2.25. The Hall–Kier alpha value is -0.580. The smallest absolute Gasteiger partial charge is 0.120 e. The van der Waals surface area contributed by atoms with E-state index in [2.05, 4.69) is 15.9 Å². The van der Waals surface area contributed by atoms with Gasteiger partial charge in [-0.2, -0.15) is 0 Å². The Morgan fingerprint density at radius 1 is 1.57 bits per heavy atom. The Bertz CT molecular complexity index is 302. The molecule has 1 atom stereocenters. The van der Waals surface area contributed by atoms with Crippen LogP contribution in [0.25, 0.3) is 0 Å². The first-order valence-corrected chi connectivity index (χ1v) is 5.23. The maximum absolute atomic E-state index is 8.58. The first-order chi connectivity index (χ1) is 6.65. The van der Waals surface area contributed by atoms with E-state index >= 15 is 0 Å². The number of benzene rings is 1. The van der Waals surface area contributed by atoms with Crippen molar-refractivity contribution < 1.29 is 9.84 Å². The van der Waals surface area contributed by atoms with Crippen molar-refractivity contribution in [3.8, 4) is 5.75 Å². The summed E-state index contributed by atoms with van der Waals surface area (Å²) in [4.78, 5) is 0. The molecule has 1 rings (SSSR count). The van der Waals surface area contributed by atoms with E-state index in [0.717, 1.165) is 15.8 Å². The molecule has 4 heteroatoms. The number of aliphatic hydroxyl groups is 1. The number of hydrogen-bond acceptors (Lipinski definition) is 3. The highest BCUT2D eigenvalue weighted by Gasteiger charge is 2.05. The molecule has 0 aromatic heterocycles. The molecular formula is C10H14BrNO2. The number of hydrogen-bond donors (Lipinski definition) is 2. The van der Waals surface area contributed by atoms with Crippen LogP contribution >= 0.6 is 15.9 Å². The zero-order valence-electron chi connectivity index (χ0n) is 8.03. The van der Waals surface area contributed by atoms with E-state index < -0.39 is 0 Å². The normalized spacial score (nSPS) is 12.6. The Morgan fingerprint density at radius 2 is 2.29 bits per heavy atom. The van der Waals surface area contributed by atoms with Crippen LogP contribution in [0.2, 0.25) is 0 Å². The Morgan fingerprint density at radius 3 is 2.79 bits per heavy atom. The maximum Gasteiger partial charge on any atom is 0.120 e. The summed E-state index contributed by atoms with van der Waals surface area (Å²) in [5.41, 5.74) is 6.80. The van der Waals surface area contributed by atoms with E-state index in [1.54, 1.807) is 0 Å². The van der Waals surface area contributed by atoms with Gasteiger partial charge in [0.05, 0.1) is 6.61 Å². The molecule has 14 heavy (non-hydrogen) atoms.